The van der Waals surface area contributed by atoms with E-state index in [9.17, 15) is 9.90 Å². The molecular weight excluding hydrogens is 304 g/mol. The number of nitrogens with one attached hydrogen (secondary N) is 1. The first-order valence-corrected chi connectivity index (χ1v) is 7.45. The van der Waals surface area contributed by atoms with E-state index in [0.29, 0.717) is 29.4 Å². The monoisotopic (exact) mass is 326 g/mol. The summed E-state index contributed by atoms with van der Waals surface area (Å²) in [6.45, 7) is 4.21. The molecule has 1 aromatic carbocycles. The molecule has 0 fully saturated rings. The number of benzene rings is 1. The van der Waals surface area contributed by atoms with Crippen molar-refractivity contribution < 1.29 is 14.6 Å². The zero-order chi connectivity index (χ0) is 16.5. The van der Waals surface area contributed by atoms with E-state index >= 15 is 0 Å². The standard InChI is InChI=1S/C16H23ClN2O3/c1-4-5-6-13(20)10-19(2)11-16(21)18-14-9-12(17)7-8-15(14)22-3/h4,7-9,13,20H,1,5-6,10-11H2,2-3H3,(H,18,21). The lowest BCUT2D eigenvalue weighted by atomic mass is 10.2. The van der Waals surface area contributed by atoms with Crippen molar-refractivity contribution in [2.45, 2.75) is 18.9 Å². The van der Waals surface area contributed by atoms with Crippen LogP contribution in [-0.2, 0) is 4.79 Å². The summed E-state index contributed by atoms with van der Waals surface area (Å²) in [5.74, 6) is 0.352. The third-order valence-electron chi connectivity index (χ3n) is 3.08. The Balaban J connectivity index is 2.52. The van der Waals surface area contributed by atoms with Crippen molar-refractivity contribution in [3.05, 3.63) is 35.9 Å². The van der Waals surface area contributed by atoms with E-state index in [2.05, 4.69) is 11.9 Å². The van der Waals surface area contributed by atoms with E-state index in [1.807, 2.05) is 0 Å². The van der Waals surface area contributed by atoms with Gasteiger partial charge in [-0.1, -0.05) is 17.7 Å². The van der Waals surface area contributed by atoms with Crippen molar-refractivity contribution in [3.8, 4) is 5.75 Å². The topological polar surface area (TPSA) is 61.8 Å². The van der Waals surface area contributed by atoms with Gasteiger partial charge in [0, 0.05) is 11.6 Å². The Bertz CT molecular complexity index is 508. The maximum Gasteiger partial charge on any atom is 0.238 e. The Morgan fingerprint density at radius 3 is 2.95 bits per heavy atom. The summed E-state index contributed by atoms with van der Waals surface area (Å²) < 4.78 is 5.18. The van der Waals surface area contributed by atoms with Crippen molar-refractivity contribution in [1.29, 1.82) is 0 Å². The summed E-state index contributed by atoms with van der Waals surface area (Å²) >= 11 is 5.92. The van der Waals surface area contributed by atoms with Gasteiger partial charge in [0.25, 0.3) is 0 Å². The molecule has 2 N–H and O–H groups in total. The molecule has 1 aromatic rings. The Morgan fingerprint density at radius 2 is 2.32 bits per heavy atom. The second-order valence-electron chi connectivity index (χ2n) is 5.11. The molecule has 1 atom stereocenters. The summed E-state index contributed by atoms with van der Waals surface area (Å²) in [6.07, 6.45) is 2.68. The number of methoxy groups -OCH3 is 1. The van der Waals surface area contributed by atoms with Crippen LogP contribution in [0.2, 0.25) is 5.02 Å². The van der Waals surface area contributed by atoms with Crippen LogP contribution in [0.3, 0.4) is 0 Å². The minimum atomic E-state index is -0.475. The minimum absolute atomic E-state index is 0.167. The number of likely N-dealkylation sites (N-methyl/N-ethyl adjacent to an activating group) is 1. The molecule has 6 heteroatoms. The lowest BCUT2D eigenvalue weighted by Gasteiger charge is -2.20. The number of ether oxygens (including phenoxy) is 1. The van der Waals surface area contributed by atoms with Crippen molar-refractivity contribution in [2.24, 2.45) is 0 Å². The molecule has 0 bridgehead atoms. The number of carbonyl (C=O) groups is 1. The quantitative estimate of drug-likeness (QED) is 0.685. The molecule has 0 spiro atoms. The maximum absolute atomic E-state index is 12.0. The Labute approximate surface area is 136 Å². The van der Waals surface area contributed by atoms with Gasteiger partial charge in [-0.3, -0.25) is 9.69 Å². The van der Waals surface area contributed by atoms with Crippen LogP contribution in [0.1, 0.15) is 12.8 Å². The van der Waals surface area contributed by atoms with Gasteiger partial charge < -0.3 is 15.2 Å². The molecule has 0 radical (unpaired) electrons. The molecule has 1 rings (SSSR count). The first-order chi connectivity index (χ1) is 10.5. The van der Waals surface area contributed by atoms with Crippen LogP contribution in [-0.4, -0.2) is 49.3 Å². The molecule has 0 saturated carbocycles. The van der Waals surface area contributed by atoms with Gasteiger partial charge in [-0.15, -0.1) is 6.58 Å². The SMILES string of the molecule is C=CCCC(O)CN(C)CC(=O)Nc1cc(Cl)ccc1OC. The van der Waals surface area contributed by atoms with Crippen LogP contribution in [0.15, 0.2) is 30.9 Å². The van der Waals surface area contributed by atoms with Crippen molar-refractivity contribution >= 4 is 23.2 Å². The lowest BCUT2D eigenvalue weighted by molar-refractivity contribution is -0.117. The number of rotatable bonds is 9. The van der Waals surface area contributed by atoms with Crippen LogP contribution in [0.4, 0.5) is 5.69 Å². The average Bonchev–Trinajstić information content (AvgIpc) is 2.45. The van der Waals surface area contributed by atoms with Crippen LogP contribution >= 0.6 is 11.6 Å². The molecule has 122 valence electrons. The second-order valence-corrected chi connectivity index (χ2v) is 5.55. The van der Waals surface area contributed by atoms with Crippen molar-refractivity contribution in [2.75, 3.05) is 32.6 Å². The van der Waals surface area contributed by atoms with Gasteiger partial charge in [0.2, 0.25) is 5.91 Å². The number of carbonyl (C=O) groups excluding carboxylic acids is 1. The molecule has 1 amide bonds. The maximum atomic E-state index is 12.0. The molecule has 0 aliphatic carbocycles. The number of aliphatic hydroxyl groups excluding tert-OH is 1. The normalized spacial score (nSPS) is 12.0. The second kappa shape index (κ2) is 9.46. The number of anilines is 1. The number of hydrogen-bond acceptors (Lipinski definition) is 4. The van der Waals surface area contributed by atoms with E-state index in [0.717, 1.165) is 6.42 Å². The summed E-state index contributed by atoms with van der Waals surface area (Å²) in [5.41, 5.74) is 0.528. The van der Waals surface area contributed by atoms with Crippen molar-refractivity contribution in [3.63, 3.8) is 0 Å². The molecule has 0 saturated heterocycles. The average molecular weight is 327 g/mol. The van der Waals surface area contributed by atoms with Crippen LogP contribution in [0, 0.1) is 0 Å². The summed E-state index contributed by atoms with van der Waals surface area (Å²) in [4.78, 5) is 13.8. The highest BCUT2D eigenvalue weighted by Gasteiger charge is 2.13. The lowest BCUT2D eigenvalue weighted by Crippen LogP contribution is -2.35. The van der Waals surface area contributed by atoms with Gasteiger partial charge in [-0.25, -0.2) is 0 Å². The van der Waals surface area contributed by atoms with Gasteiger partial charge in [0.05, 0.1) is 25.4 Å². The molecule has 0 aromatic heterocycles. The number of halogens is 1. The molecule has 1 unspecified atom stereocenters. The third-order valence-corrected chi connectivity index (χ3v) is 3.31. The summed E-state index contributed by atoms with van der Waals surface area (Å²) in [7, 11) is 3.31. The van der Waals surface area contributed by atoms with Crippen molar-refractivity contribution in [1.82, 2.24) is 4.90 Å². The fraction of sp³-hybridized carbons (Fsp3) is 0.438. The number of nitrogens with zero attached hydrogens (tertiary/aromatic N) is 1. The zero-order valence-electron chi connectivity index (χ0n) is 13.0. The smallest absolute Gasteiger partial charge is 0.238 e. The molecule has 0 aliphatic heterocycles. The first kappa shape index (κ1) is 18.5. The van der Waals surface area contributed by atoms with Gasteiger partial charge in [-0.2, -0.15) is 0 Å². The predicted molar refractivity (Wildman–Crippen MR) is 89.6 cm³/mol. The van der Waals surface area contributed by atoms with Gasteiger partial charge >= 0.3 is 0 Å². The number of aliphatic hydroxyl groups is 1. The molecule has 0 heterocycles. The highest BCUT2D eigenvalue weighted by Crippen LogP contribution is 2.27. The highest BCUT2D eigenvalue weighted by atomic mass is 35.5. The van der Waals surface area contributed by atoms with E-state index in [-0.39, 0.29) is 12.5 Å². The molecule has 22 heavy (non-hydrogen) atoms. The van der Waals surface area contributed by atoms with Crippen LogP contribution in [0.5, 0.6) is 5.75 Å². The zero-order valence-corrected chi connectivity index (χ0v) is 13.8. The number of hydrogen-bond donors (Lipinski definition) is 2. The largest absolute Gasteiger partial charge is 0.495 e. The van der Waals surface area contributed by atoms with E-state index < -0.39 is 6.10 Å². The van der Waals surface area contributed by atoms with Gasteiger partial charge in [-0.05, 0) is 38.1 Å². The van der Waals surface area contributed by atoms with Gasteiger partial charge in [0.1, 0.15) is 5.75 Å². The van der Waals surface area contributed by atoms with E-state index in [1.165, 1.54) is 7.11 Å². The Kier molecular flexibility index (Phi) is 7.95. The van der Waals surface area contributed by atoms with E-state index in [4.69, 9.17) is 16.3 Å². The summed E-state index contributed by atoms with van der Waals surface area (Å²) in [6, 6.07) is 5.02. The Hall–Kier alpha value is -1.56. The van der Waals surface area contributed by atoms with Crippen LogP contribution in [0.25, 0.3) is 0 Å². The number of allylic oxidation sites excluding steroid dienone is 1. The summed E-state index contributed by atoms with van der Waals surface area (Å²) in [5, 5.41) is 13.1. The molecule has 0 aliphatic rings. The molecule has 5 nitrogen and oxygen atoms in total. The minimum Gasteiger partial charge on any atom is -0.495 e. The Morgan fingerprint density at radius 1 is 1.59 bits per heavy atom. The van der Waals surface area contributed by atoms with Gasteiger partial charge in [0.15, 0.2) is 0 Å². The van der Waals surface area contributed by atoms with Crippen LogP contribution < -0.4 is 10.1 Å². The predicted octanol–water partition coefficient (Wildman–Crippen LogP) is 2.55. The third kappa shape index (κ3) is 6.47. The highest BCUT2D eigenvalue weighted by molar-refractivity contribution is 6.31. The fourth-order valence-corrected chi connectivity index (χ4v) is 2.21. The first-order valence-electron chi connectivity index (χ1n) is 7.07. The van der Waals surface area contributed by atoms with E-state index in [1.54, 1.807) is 36.2 Å². The molecular formula is C16H23ClN2O3. The fourth-order valence-electron chi connectivity index (χ4n) is 2.04. The number of amides is 1.